The van der Waals surface area contributed by atoms with Crippen LogP contribution >= 0.6 is 0 Å². The molecular weight excluding hydrogens is 166 g/mol. The molecule has 0 saturated carbocycles. The van der Waals surface area contributed by atoms with Gasteiger partial charge in [-0.25, -0.2) is 0 Å². The summed E-state index contributed by atoms with van der Waals surface area (Å²) in [7, 11) is 1.88. The van der Waals surface area contributed by atoms with Crippen molar-refractivity contribution < 1.29 is 9.90 Å². The number of carboxylic acid groups (broad SMARTS) is 1. The Morgan fingerprint density at radius 2 is 2.00 bits per heavy atom. The van der Waals surface area contributed by atoms with Crippen LogP contribution in [0.1, 0.15) is 33.6 Å². The van der Waals surface area contributed by atoms with Gasteiger partial charge < -0.3 is 5.11 Å². The molecule has 0 aliphatic heterocycles. The Morgan fingerprint density at radius 3 is 2.31 bits per heavy atom. The van der Waals surface area contributed by atoms with E-state index in [1.165, 1.54) is 0 Å². The molecule has 0 radical (unpaired) electrons. The highest BCUT2D eigenvalue weighted by Gasteiger charge is 2.19. The van der Waals surface area contributed by atoms with E-state index in [1.54, 1.807) is 0 Å². The molecule has 78 valence electrons. The summed E-state index contributed by atoms with van der Waals surface area (Å²) in [4.78, 5) is 12.7. The highest BCUT2D eigenvalue weighted by molar-refractivity contribution is 5.73. The van der Waals surface area contributed by atoms with E-state index >= 15 is 0 Å². The van der Waals surface area contributed by atoms with Crippen LogP contribution in [0.3, 0.4) is 0 Å². The van der Waals surface area contributed by atoms with E-state index in [-0.39, 0.29) is 6.04 Å². The maximum atomic E-state index is 10.8. The number of nitrogens with zero attached hydrogens (tertiary/aromatic N) is 1. The van der Waals surface area contributed by atoms with E-state index in [1.807, 2.05) is 18.9 Å². The third-order valence-corrected chi connectivity index (χ3v) is 2.26. The van der Waals surface area contributed by atoms with Gasteiger partial charge in [0.15, 0.2) is 0 Å². The van der Waals surface area contributed by atoms with Gasteiger partial charge in [0.1, 0.15) is 6.04 Å². The predicted octanol–water partition coefficient (Wildman–Crippen LogP) is 1.83. The summed E-state index contributed by atoms with van der Waals surface area (Å²) in [5.41, 5.74) is 0. The Hall–Kier alpha value is -0.570. The van der Waals surface area contributed by atoms with Crippen molar-refractivity contribution in [1.29, 1.82) is 0 Å². The zero-order valence-corrected chi connectivity index (χ0v) is 9.08. The molecule has 1 N–H and O–H groups in total. The third kappa shape index (κ3) is 4.88. The second kappa shape index (κ2) is 5.97. The van der Waals surface area contributed by atoms with Gasteiger partial charge in [-0.2, -0.15) is 0 Å². The molecule has 0 spiro atoms. The van der Waals surface area contributed by atoms with Crippen LogP contribution in [0.15, 0.2) is 0 Å². The SMILES string of the molecule is CCC(C(=O)O)N(C)CCC(C)C. The average Bonchev–Trinajstić information content (AvgIpc) is 2.01. The monoisotopic (exact) mass is 187 g/mol. The van der Waals surface area contributed by atoms with Gasteiger partial charge in [-0.1, -0.05) is 20.8 Å². The summed E-state index contributed by atoms with van der Waals surface area (Å²) in [5.74, 6) is -0.0810. The number of hydrogen-bond acceptors (Lipinski definition) is 2. The first-order valence-electron chi connectivity index (χ1n) is 4.92. The third-order valence-electron chi connectivity index (χ3n) is 2.26. The minimum Gasteiger partial charge on any atom is -0.480 e. The molecular formula is C10H21NO2. The zero-order chi connectivity index (χ0) is 10.4. The van der Waals surface area contributed by atoms with Crippen molar-refractivity contribution in [2.24, 2.45) is 5.92 Å². The summed E-state index contributed by atoms with van der Waals surface area (Å²) in [6, 6.07) is -0.321. The predicted molar refractivity (Wildman–Crippen MR) is 53.8 cm³/mol. The Kier molecular flexibility index (Phi) is 5.71. The first kappa shape index (κ1) is 12.4. The van der Waals surface area contributed by atoms with Gasteiger partial charge in [0.2, 0.25) is 0 Å². The fraction of sp³-hybridized carbons (Fsp3) is 0.900. The minimum atomic E-state index is -0.714. The molecule has 0 heterocycles. The maximum Gasteiger partial charge on any atom is 0.320 e. The second-order valence-corrected chi connectivity index (χ2v) is 3.93. The lowest BCUT2D eigenvalue weighted by Gasteiger charge is -2.23. The molecule has 1 atom stereocenters. The van der Waals surface area contributed by atoms with Crippen LogP contribution in [0.2, 0.25) is 0 Å². The molecule has 0 bridgehead atoms. The van der Waals surface area contributed by atoms with Crippen LogP contribution < -0.4 is 0 Å². The second-order valence-electron chi connectivity index (χ2n) is 3.93. The van der Waals surface area contributed by atoms with Crippen molar-refractivity contribution in [3.8, 4) is 0 Å². The molecule has 0 aromatic carbocycles. The molecule has 0 amide bonds. The number of likely N-dealkylation sites (N-methyl/N-ethyl adjacent to an activating group) is 1. The van der Waals surface area contributed by atoms with Crippen LogP contribution in [0.25, 0.3) is 0 Å². The molecule has 0 aromatic rings. The fourth-order valence-electron chi connectivity index (χ4n) is 1.29. The number of aliphatic carboxylic acids is 1. The van der Waals surface area contributed by atoms with Crippen molar-refractivity contribution >= 4 is 5.97 Å². The van der Waals surface area contributed by atoms with E-state index in [4.69, 9.17) is 5.11 Å². The van der Waals surface area contributed by atoms with Crippen molar-refractivity contribution in [3.63, 3.8) is 0 Å². The van der Waals surface area contributed by atoms with Gasteiger partial charge in [0, 0.05) is 0 Å². The van der Waals surface area contributed by atoms with Gasteiger partial charge in [-0.3, -0.25) is 9.69 Å². The van der Waals surface area contributed by atoms with Gasteiger partial charge in [0.05, 0.1) is 0 Å². The lowest BCUT2D eigenvalue weighted by atomic mass is 10.1. The van der Waals surface area contributed by atoms with Crippen molar-refractivity contribution in [2.75, 3.05) is 13.6 Å². The normalized spacial score (nSPS) is 13.7. The van der Waals surface area contributed by atoms with Crippen LogP contribution in [-0.2, 0) is 4.79 Å². The topological polar surface area (TPSA) is 40.5 Å². The Labute approximate surface area is 80.7 Å². The first-order chi connectivity index (χ1) is 5.99. The quantitative estimate of drug-likeness (QED) is 0.689. The van der Waals surface area contributed by atoms with Crippen LogP contribution in [0, 0.1) is 5.92 Å². The Balaban J connectivity index is 3.91. The van der Waals surface area contributed by atoms with Crippen molar-refractivity contribution in [2.45, 2.75) is 39.7 Å². The Morgan fingerprint density at radius 1 is 1.46 bits per heavy atom. The summed E-state index contributed by atoms with van der Waals surface area (Å²) >= 11 is 0. The highest BCUT2D eigenvalue weighted by Crippen LogP contribution is 2.06. The molecule has 3 heteroatoms. The molecule has 3 nitrogen and oxygen atoms in total. The van der Waals surface area contributed by atoms with E-state index in [0.29, 0.717) is 12.3 Å². The fourth-order valence-corrected chi connectivity index (χ4v) is 1.29. The van der Waals surface area contributed by atoms with Crippen LogP contribution in [0.4, 0.5) is 0 Å². The molecule has 0 rings (SSSR count). The molecule has 1 unspecified atom stereocenters. The van der Waals surface area contributed by atoms with E-state index in [0.717, 1.165) is 13.0 Å². The van der Waals surface area contributed by atoms with Gasteiger partial charge >= 0.3 is 5.97 Å². The smallest absolute Gasteiger partial charge is 0.320 e. The lowest BCUT2D eigenvalue weighted by Crippen LogP contribution is -2.38. The average molecular weight is 187 g/mol. The number of hydrogen-bond donors (Lipinski definition) is 1. The summed E-state index contributed by atoms with van der Waals surface area (Å²) < 4.78 is 0. The van der Waals surface area contributed by atoms with Crippen LogP contribution in [-0.4, -0.2) is 35.6 Å². The number of carbonyl (C=O) groups is 1. The lowest BCUT2D eigenvalue weighted by molar-refractivity contribution is -0.142. The Bertz CT molecular complexity index is 157. The zero-order valence-electron chi connectivity index (χ0n) is 9.08. The summed E-state index contributed by atoms with van der Waals surface area (Å²) in [5, 5.41) is 8.87. The van der Waals surface area contributed by atoms with Crippen LogP contribution in [0.5, 0.6) is 0 Å². The molecule has 0 fully saturated rings. The first-order valence-corrected chi connectivity index (χ1v) is 4.92. The van der Waals surface area contributed by atoms with Gasteiger partial charge in [-0.05, 0) is 32.4 Å². The standard InChI is InChI=1S/C10H21NO2/c1-5-9(10(12)13)11(4)7-6-8(2)3/h8-9H,5-7H2,1-4H3,(H,12,13). The van der Waals surface area contributed by atoms with Crippen molar-refractivity contribution in [3.05, 3.63) is 0 Å². The minimum absolute atomic E-state index is 0.321. The van der Waals surface area contributed by atoms with E-state index < -0.39 is 5.97 Å². The van der Waals surface area contributed by atoms with Gasteiger partial charge in [0.25, 0.3) is 0 Å². The maximum absolute atomic E-state index is 10.8. The molecule has 0 aliphatic carbocycles. The van der Waals surface area contributed by atoms with Gasteiger partial charge in [-0.15, -0.1) is 0 Å². The summed E-state index contributed by atoms with van der Waals surface area (Å²) in [6.45, 7) is 7.07. The van der Waals surface area contributed by atoms with E-state index in [2.05, 4.69) is 13.8 Å². The highest BCUT2D eigenvalue weighted by atomic mass is 16.4. The largest absolute Gasteiger partial charge is 0.480 e. The molecule has 0 aromatic heterocycles. The summed E-state index contributed by atoms with van der Waals surface area (Å²) in [6.07, 6.45) is 1.73. The van der Waals surface area contributed by atoms with E-state index in [9.17, 15) is 4.79 Å². The molecule has 0 aliphatic rings. The number of rotatable bonds is 6. The number of carboxylic acids is 1. The molecule has 0 saturated heterocycles. The van der Waals surface area contributed by atoms with Crippen molar-refractivity contribution in [1.82, 2.24) is 4.90 Å². The molecule has 13 heavy (non-hydrogen) atoms.